The monoisotopic (exact) mass is 297 g/mol. The van der Waals surface area contributed by atoms with Crippen LogP contribution in [0.25, 0.3) is 5.82 Å². The van der Waals surface area contributed by atoms with Crippen molar-refractivity contribution in [2.75, 3.05) is 0 Å². The summed E-state index contributed by atoms with van der Waals surface area (Å²) in [4.78, 5) is 8.40. The van der Waals surface area contributed by atoms with Crippen molar-refractivity contribution < 1.29 is 0 Å². The molecule has 0 radical (unpaired) electrons. The second-order valence-corrected chi connectivity index (χ2v) is 4.49. The van der Waals surface area contributed by atoms with Gasteiger partial charge in [-0.15, -0.1) is 5.10 Å². The number of rotatable bonds is 2. The topological polar surface area (TPSA) is 69.6 Å². The van der Waals surface area contributed by atoms with Crippen molar-refractivity contribution in [1.82, 2.24) is 19.7 Å². The van der Waals surface area contributed by atoms with Gasteiger partial charge in [0.1, 0.15) is 11.3 Å². The van der Waals surface area contributed by atoms with Crippen LogP contribution in [0.5, 0.6) is 0 Å². The van der Waals surface area contributed by atoms with Crippen molar-refractivity contribution in [1.29, 1.82) is 0 Å². The summed E-state index contributed by atoms with van der Waals surface area (Å²) in [5, 5.41) is 4.12. The molecule has 0 aliphatic heterocycles. The van der Waals surface area contributed by atoms with Crippen molar-refractivity contribution in [3.8, 4) is 5.82 Å². The smallest absolute Gasteiger partial charge is 0.208 e. The van der Waals surface area contributed by atoms with E-state index in [1.54, 1.807) is 6.20 Å². The molecule has 0 bridgehead atoms. The van der Waals surface area contributed by atoms with Gasteiger partial charge < -0.3 is 5.73 Å². The highest BCUT2D eigenvalue weighted by Crippen LogP contribution is 2.18. The number of nitrogens with two attached hydrogens (primary N) is 1. The largest absolute Gasteiger partial charge is 0.387 e. The highest BCUT2D eigenvalue weighted by atomic mass is 79.9. The summed E-state index contributed by atoms with van der Waals surface area (Å²) in [5.74, 6) is 0.991. The molecule has 0 saturated heterocycles. The van der Waals surface area contributed by atoms with Crippen LogP contribution in [0.1, 0.15) is 11.4 Å². The van der Waals surface area contributed by atoms with Gasteiger partial charge in [-0.3, -0.25) is 0 Å². The van der Waals surface area contributed by atoms with Crippen LogP contribution in [0.4, 0.5) is 0 Å². The normalized spacial score (nSPS) is 10.4. The van der Waals surface area contributed by atoms with E-state index >= 15 is 0 Å². The molecule has 0 aromatic carbocycles. The Morgan fingerprint density at radius 2 is 2.25 bits per heavy atom. The summed E-state index contributed by atoms with van der Waals surface area (Å²) in [5.41, 5.74) is 6.49. The van der Waals surface area contributed by atoms with Gasteiger partial charge in [-0.1, -0.05) is 12.2 Å². The molecule has 0 spiro atoms. The molecule has 5 nitrogen and oxygen atoms in total. The average Bonchev–Trinajstić information content (AvgIpc) is 2.66. The molecule has 2 heterocycles. The number of aromatic nitrogens is 4. The lowest BCUT2D eigenvalue weighted by molar-refractivity contribution is 0.835. The van der Waals surface area contributed by atoms with Crippen LogP contribution in [0.2, 0.25) is 0 Å². The van der Waals surface area contributed by atoms with Crippen LogP contribution in [0.3, 0.4) is 0 Å². The first-order valence-corrected chi connectivity index (χ1v) is 5.62. The molecule has 2 aromatic rings. The lowest BCUT2D eigenvalue weighted by Crippen LogP contribution is -2.12. The molecule has 0 unspecified atom stereocenters. The third-order valence-electron chi connectivity index (χ3n) is 1.89. The molecule has 82 valence electrons. The fraction of sp³-hybridized carbons (Fsp3) is 0.111. The molecule has 0 aliphatic rings. The van der Waals surface area contributed by atoms with Crippen molar-refractivity contribution in [3.05, 3.63) is 34.5 Å². The Bertz CT molecular complexity index is 551. The van der Waals surface area contributed by atoms with Crippen molar-refractivity contribution in [2.45, 2.75) is 6.92 Å². The Hall–Kier alpha value is -1.34. The first kappa shape index (κ1) is 11.2. The molecule has 0 saturated carbocycles. The van der Waals surface area contributed by atoms with Gasteiger partial charge in [0.25, 0.3) is 0 Å². The minimum atomic E-state index is 0.169. The predicted molar refractivity (Wildman–Crippen MR) is 67.5 cm³/mol. The molecule has 0 amide bonds. The van der Waals surface area contributed by atoms with E-state index in [4.69, 9.17) is 18.0 Å². The predicted octanol–water partition coefficient (Wildman–Crippen LogP) is 1.37. The number of hydrogen-bond donors (Lipinski definition) is 1. The van der Waals surface area contributed by atoms with Gasteiger partial charge in [-0.2, -0.15) is 0 Å². The summed E-state index contributed by atoms with van der Waals surface area (Å²) in [6.45, 7) is 1.96. The average molecular weight is 298 g/mol. The summed E-state index contributed by atoms with van der Waals surface area (Å²) < 4.78 is 2.37. The Kier molecular flexibility index (Phi) is 2.97. The SMILES string of the molecule is Cc1cnc(-n2cnc(C(N)=S)n2)c(Br)c1. The highest BCUT2D eigenvalue weighted by Gasteiger charge is 2.08. The second-order valence-electron chi connectivity index (χ2n) is 3.20. The molecule has 7 heteroatoms. The van der Waals surface area contributed by atoms with Gasteiger partial charge in [0.2, 0.25) is 5.82 Å². The maximum atomic E-state index is 5.43. The van der Waals surface area contributed by atoms with E-state index in [9.17, 15) is 0 Å². The first-order valence-electron chi connectivity index (χ1n) is 4.42. The van der Waals surface area contributed by atoms with E-state index in [1.807, 2.05) is 13.0 Å². The number of hydrogen-bond acceptors (Lipinski definition) is 4. The number of pyridine rings is 1. The summed E-state index contributed by atoms with van der Waals surface area (Å²) in [6.07, 6.45) is 3.28. The number of halogens is 1. The maximum absolute atomic E-state index is 5.43. The van der Waals surface area contributed by atoms with Crippen LogP contribution < -0.4 is 5.73 Å². The van der Waals surface area contributed by atoms with Crippen molar-refractivity contribution in [3.63, 3.8) is 0 Å². The van der Waals surface area contributed by atoms with Gasteiger partial charge in [0, 0.05) is 6.20 Å². The van der Waals surface area contributed by atoms with Crippen molar-refractivity contribution in [2.24, 2.45) is 5.73 Å². The molecule has 2 N–H and O–H groups in total. The van der Waals surface area contributed by atoms with Gasteiger partial charge in [-0.25, -0.2) is 14.6 Å². The summed E-state index contributed by atoms with van der Waals surface area (Å²) >= 11 is 8.20. The number of nitrogens with zero attached hydrogens (tertiary/aromatic N) is 4. The minimum Gasteiger partial charge on any atom is -0.387 e. The number of thiocarbonyl (C=S) groups is 1. The molecular formula is C9H8BrN5S. The van der Waals surface area contributed by atoms with Crippen LogP contribution in [0, 0.1) is 6.92 Å². The van der Waals surface area contributed by atoms with E-state index in [2.05, 4.69) is 31.0 Å². The van der Waals surface area contributed by atoms with E-state index in [-0.39, 0.29) is 4.99 Å². The van der Waals surface area contributed by atoms with Gasteiger partial charge in [0.05, 0.1) is 4.47 Å². The minimum absolute atomic E-state index is 0.169. The Morgan fingerprint density at radius 1 is 1.50 bits per heavy atom. The van der Waals surface area contributed by atoms with Crippen LogP contribution in [0.15, 0.2) is 23.1 Å². The maximum Gasteiger partial charge on any atom is 0.208 e. The summed E-state index contributed by atoms with van der Waals surface area (Å²) in [7, 11) is 0. The Balaban J connectivity index is 2.46. The van der Waals surface area contributed by atoms with Gasteiger partial charge >= 0.3 is 0 Å². The Morgan fingerprint density at radius 3 is 2.81 bits per heavy atom. The molecule has 0 atom stereocenters. The third kappa shape index (κ3) is 2.10. The molecular weight excluding hydrogens is 290 g/mol. The molecule has 0 fully saturated rings. The van der Waals surface area contributed by atoms with Crippen molar-refractivity contribution >= 4 is 33.1 Å². The molecule has 2 rings (SSSR count). The molecule has 16 heavy (non-hydrogen) atoms. The lowest BCUT2D eigenvalue weighted by atomic mass is 10.3. The number of aryl methyl sites for hydroxylation is 1. The van der Waals surface area contributed by atoms with Gasteiger partial charge in [-0.05, 0) is 34.5 Å². The zero-order chi connectivity index (χ0) is 11.7. The highest BCUT2D eigenvalue weighted by molar-refractivity contribution is 9.10. The standard InChI is InChI=1S/C9H8BrN5S/c1-5-2-6(10)9(12-3-5)15-4-13-8(14-15)7(11)16/h2-4H,1H3,(H2,11,16). The van der Waals surface area contributed by atoms with E-state index in [0.717, 1.165) is 10.0 Å². The van der Waals surface area contributed by atoms with E-state index in [1.165, 1.54) is 11.0 Å². The lowest BCUT2D eigenvalue weighted by Gasteiger charge is -2.02. The van der Waals surface area contributed by atoms with Crippen LogP contribution in [-0.4, -0.2) is 24.7 Å². The fourth-order valence-corrected chi connectivity index (χ4v) is 1.91. The zero-order valence-electron chi connectivity index (χ0n) is 8.38. The van der Waals surface area contributed by atoms with E-state index < -0.39 is 0 Å². The first-order chi connectivity index (χ1) is 7.58. The fourth-order valence-electron chi connectivity index (χ4n) is 1.17. The Labute approximate surface area is 106 Å². The summed E-state index contributed by atoms with van der Waals surface area (Å²) in [6, 6.07) is 1.95. The third-order valence-corrected chi connectivity index (χ3v) is 2.65. The van der Waals surface area contributed by atoms with Gasteiger partial charge in [0.15, 0.2) is 5.82 Å². The van der Waals surface area contributed by atoms with Crippen LogP contribution in [-0.2, 0) is 0 Å². The second kappa shape index (κ2) is 4.26. The zero-order valence-corrected chi connectivity index (χ0v) is 10.8. The quantitative estimate of drug-likeness (QED) is 0.848. The molecule has 0 aliphatic carbocycles. The van der Waals surface area contributed by atoms with E-state index in [0.29, 0.717) is 11.6 Å². The van der Waals surface area contributed by atoms with Crippen LogP contribution >= 0.6 is 28.1 Å². The molecule has 2 aromatic heterocycles.